The molecule has 0 atom stereocenters. The molecule has 23 heavy (non-hydrogen) atoms. The molecule has 2 nitrogen and oxygen atoms in total. The van der Waals surface area contributed by atoms with Crippen LogP contribution in [0.15, 0.2) is 36.5 Å². The van der Waals surface area contributed by atoms with E-state index in [0.29, 0.717) is 12.3 Å². The molecule has 0 radical (unpaired) electrons. The molecule has 0 fully saturated rings. The average molecular weight is 330 g/mol. The fourth-order valence-electron chi connectivity index (χ4n) is 2.06. The van der Waals surface area contributed by atoms with Crippen LogP contribution in [0.3, 0.4) is 0 Å². The lowest BCUT2D eigenvalue weighted by Gasteiger charge is -2.15. The maximum Gasteiger partial charge on any atom is 0.417 e. The number of benzene rings is 1. The first-order valence-corrected chi connectivity index (χ1v) is 6.24. The van der Waals surface area contributed by atoms with Crippen LogP contribution in [-0.2, 0) is 18.8 Å². The van der Waals surface area contributed by atoms with Gasteiger partial charge in [0.1, 0.15) is 0 Å². The molecule has 1 aromatic carbocycles. The quantitative estimate of drug-likeness (QED) is 0.738. The zero-order valence-electron chi connectivity index (χ0n) is 11.3. The van der Waals surface area contributed by atoms with Crippen molar-refractivity contribution in [2.45, 2.75) is 18.8 Å². The molecule has 2 rings (SSSR count). The van der Waals surface area contributed by atoms with Crippen LogP contribution in [-0.4, -0.2) is 4.98 Å². The molecule has 120 valence electrons. The van der Waals surface area contributed by atoms with Crippen molar-refractivity contribution in [2.75, 3.05) is 0 Å². The largest absolute Gasteiger partial charge is 0.417 e. The number of nitrogens with zero attached hydrogens (tertiary/aromatic N) is 2. The second-order valence-electron chi connectivity index (χ2n) is 4.61. The molecule has 0 aliphatic carbocycles. The average Bonchev–Trinajstić information content (AvgIpc) is 2.46. The molecule has 0 bridgehead atoms. The van der Waals surface area contributed by atoms with E-state index in [9.17, 15) is 26.3 Å². The van der Waals surface area contributed by atoms with E-state index in [-0.39, 0.29) is 16.8 Å². The Hall–Kier alpha value is -2.56. The van der Waals surface area contributed by atoms with Crippen LogP contribution in [0, 0.1) is 11.3 Å². The first-order valence-electron chi connectivity index (χ1n) is 6.24. The summed E-state index contributed by atoms with van der Waals surface area (Å²) in [5.41, 5.74) is -2.99. The Kier molecular flexibility index (Phi) is 4.32. The summed E-state index contributed by atoms with van der Waals surface area (Å²) >= 11 is 0. The SMILES string of the molecule is N#CCc1cc(C(F)(F)F)cnc1-c1ccccc1C(F)(F)F. The van der Waals surface area contributed by atoms with Gasteiger partial charge in [0.05, 0.1) is 29.3 Å². The molecule has 2 aromatic rings. The maximum atomic E-state index is 13.0. The summed E-state index contributed by atoms with van der Waals surface area (Å²) in [4.78, 5) is 3.54. The van der Waals surface area contributed by atoms with Crippen molar-refractivity contribution in [3.8, 4) is 17.3 Å². The Balaban J connectivity index is 2.68. The lowest BCUT2D eigenvalue weighted by Crippen LogP contribution is -2.10. The van der Waals surface area contributed by atoms with Crippen LogP contribution in [0.2, 0.25) is 0 Å². The van der Waals surface area contributed by atoms with Gasteiger partial charge in [-0.2, -0.15) is 31.6 Å². The number of alkyl halides is 6. The summed E-state index contributed by atoms with van der Waals surface area (Å²) in [5, 5.41) is 8.73. The van der Waals surface area contributed by atoms with E-state index in [1.54, 1.807) is 6.07 Å². The molecule has 0 unspecified atom stereocenters. The molecule has 8 heteroatoms. The van der Waals surface area contributed by atoms with Crippen LogP contribution in [0.4, 0.5) is 26.3 Å². The highest BCUT2D eigenvalue weighted by atomic mass is 19.4. The summed E-state index contributed by atoms with van der Waals surface area (Å²) in [5.74, 6) is 0. The number of hydrogen-bond acceptors (Lipinski definition) is 2. The molecule has 0 aliphatic rings. The minimum absolute atomic E-state index is 0.209. The molecule has 0 N–H and O–H groups in total. The molecule has 0 amide bonds. The second kappa shape index (κ2) is 5.91. The third kappa shape index (κ3) is 3.62. The number of pyridine rings is 1. The standard InChI is InChI=1S/C15H8F6N2/c16-14(17,18)10-7-9(5-6-22)13(23-8-10)11-3-1-2-4-12(11)15(19,20)21/h1-4,7-8H,5H2. The summed E-state index contributed by atoms with van der Waals surface area (Å²) < 4.78 is 77.3. The minimum atomic E-state index is -4.70. The number of hydrogen-bond donors (Lipinski definition) is 0. The van der Waals surface area contributed by atoms with Gasteiger partial charge in [-0.3, -0.25) is 4.98 Å². The monoisotopic (exact) mass is 330 g/mol. The molecule has 0 saturated heterocycles. The predicted molar refractivity (Wildman–Crippen MR) is 69.0 cm³/mol. The van der Waals surface area contributed by atoms with Gasteiger partial charge in [0.2, 0.25) is 0 Å². The molecule has 1 aromatic heterocycles. The summed E-state index contributed by atoms with van der Waals surface area (Å²) in [7, 11) is 0. The first kappa shape index (κ1) is 16.8. The van der Waals surface area contributed by atoms with Gasteiger partial charge in [0.15, 0.2) is 0 Å². The fourth-order valence-corrected chi connectivity index (χ4v) is 2.06. The fraction of sp³-hybridized carbons (Fsp3) is 0.200. The van der Waals surface area contributed by atoms with Gasteiger partial charge in [-0.05, 0) is 17.7 Å². The van der Waals surface area contributed by atoms with Crippen LogP contribution < -0.4 is 0 Å². The molecule has 0 aliphatic heterocycles. The smallest absolute Gasteiger partial charge is 0.255 e. The summed E-state index contributed by atoms with van der Waals surface area (Å²) in [6, 6.07) is 6.70. The number of halogens is 6. The van der Waals surface area contributed by atoms with E-state index in [1.807, 2.05) is 0 Å². The lowest BCUT2D eigenvalue weighted by molar-refractivity contribution is -0.138. The zero-order valence-corrected chi connectivity index (χ0v) is 11.3. The van der Waals surface area contributed by atoms with Gasteiger partial charge in [-0.15, -0.1) is 0 Å². The molecular formula is C15H8F6N2. The molecule has 0 spiro atoms. The van der Waals surface area contributed by atoms with Crippen molar-refractivity contribution in [2.24, 2.45) is 0 Å². The van der Waals surface area contributed by atoms with E-state index in [1.165, 1.54) is 12.1 Å². The number of nitriles is 1. The summed E-state index contributed by atoms with van der Waals surface area (Å²) in [6.07, 6.45) is -9.41. The Labute approximate surface area is 127 Å². The van der Waals surface area contributed by atoms with Crippen molar-refractivity contribution in [1.29, 1.82) is 5.26 Å². The maximum absolute atomic E-state index is 13.0. The van der Waals surface area contributed by atoms with Gasteiger partial charge < -0.3 is 0 Å². The predicted octanol–water partition coefficient (Wildman–Crippen LogP) is 4.85. The van der Waals surface area contributed by atoms with Crippen molar-refractivity contribution >= 4 is 0 Å². The summed E-state index contributed by atoms with van der Waals surface area (Å²) in [6.45, 7) is 0. The van der Waals surface area contributed by atoms with Crippen molar-refractivity contribution in [3.63, 3.8) is 0 Å². The van der Waals surface area contributed by atoms with Gasteiger partial charge in [0.25, 0.3) is 0 Å². The van der Waals surface area contributed by atoms with E-state index in [0.717, 1.165) is 12.1 Å². The third-order valence-electron chi connectivity index (χ3n) is 3.05. The Morgan fingerprint density at radius 1 is 1.00 bits per heavy atom. The zero-order chi connectivity index (χ0) is 17.3. The Morgan fingerprint density at radius 3 is 2.22 bits per heavy atom. The highest BCUT2D eigenvalue weighted by molar-refractivity contribution is 5.68. The Morgan fingerprint density at radius 2 is 1.65 bits per heavy atom. The van der Waals surface area contributed by atoms with Gasteiger partial charge >= 0.3 is 12.4 Å². The molecule has 1 heterocycles. The third-order valence-corrected chi connectivity index (χ3v) is 3.05. The van der Waals surface area contributed by atoms with Crippen molar-refractivity contribution in [1.82, 2.24) is 4.98 Å². The first-order chi connectivity index (χ1) is 10.6. The van der Waals surface area contributed by atoms with E-state index < -0.39 is 29.9 Å². The van der Waals surface area contributed by atoms with E-state index >= 15 is 0 Å². The van der Waals surface area contributed by atoms with Crippen molar-refractivity contribution < 1.29 is 26.3 Å². The van der Waals surface area contributed by atoms with Crippen LogP contribution >= 0.6 is 0 Å². The van der Waals surface area contributed by atoms with E-state index in [4.69, 9.17) is 5.26 Å². The lowest BCUT2D eigenvalue weighted by atomic mass is 9.97. The van der Waals surface area contributed by atoms with Crippen molar-refractivity contribution in [3.05, 3.63) is 53.2 Å². The van der Waals surface area contributed by atoms with Crippen LogP contribution in [0.25, 0.3) is 11.3 Å². The van der Waals surface area contributed by atoms with Crippen LogP contribution in [0.5, 0.6) is 0 Å². The van der Waals surface area contributed by atoms with Gasteiger partial charge in [-0.1, -0.05) is 18.2 Å². The number of aromatic nitrogens is 1. The van der Waals surface area contributed by atoms with Gasteiger partial charge in [0, 0.05) is 11.8 Å². The number of rotatable bonds is 2. The molecular weight excluding hydrogens is 322 g/mol. The van der Waals surface area contributed by atoms with Crippen LogP contribution in [0.1, 0.15) is 16.7 Å². The van der Waals surface area contributed by atoms with E-state index in [2.05, 4.69) is 4.98 Å². The minimum Gasteiger partial charge on any atom is -0.255 e. The highest BCUT2D eigenvalue weighted by Gasteiger charge is 2.35. The van der Waals surface area contributed by atoms with Gasteiger partial charge in [-0.25, -0.2) is 0 Å². The topological polar surface area (TPSA) is 36.7 Å². The second-order valence-corrected chi connectivity index (χ2v) is 4.61. The normalized spacial score (nSPS) is 12.0. The molecule has 0 saturated carbocycles. The highest BCUT2D eigenvalue weighted by Crippen LogP contribution is 2.38. The Bertz CT molecular complexity index is 756.